The van der Waals surface area contributed by atoms with Crippen LogP contribution in [0.5, 0.6) is 0 Å². The summed E-state index contributed by atoms with van der Waals surface area (Å²) in [5.74, 6) is -0.976. The van der Waals surface area contributed by atoms with E-state index < -0.39 is 18.0 Å². The van der Waals surface area contributed by atoms with Crippen LogP contribution >= 0.6 is 11.3 Å². The van der Waals surface area contributed by atoms with E-state index in [9.17, 15) is 14.4 Å². The van der Waals surface area contributed by atoms with Gasteiger partial charge in [0.15, 0.2) is 6.10 Å². The molecule has 4 rings (SSSR count). The average Bonchev–Trinajstić information content (AvgIpc) is 3.20. The average molecular weight is 395 g/mol. The molecule has 2 aromatic heterocycles. The van der Waals surface area contributed by atoms with Crippen molar-refractivity contribution in [3.05, 3.63) is 63.4 Å². The first kappa shape index (κ1) is 18.0. The number of carbonyl (C=O) groups is 2. The second-order valence-electron chi connectivity index (χ2n) is 6.43. The molecule has 0 aliphatic carbocycles. The highest BCUT2D eigenvalue weighted by Crippen LogP contribution is 2.31. The number of amides is 1. The van der Waals surface area contributed by atoms with Gasteiger partial charge >= 0.3 is 11.7 Å². The lowest BCUT2D eigenvalue weighted by molar-refractivity contribution is -0.123. The number of hydrogen-bond donors (Lipinski definition) is 3. The van der Waals surface area contributed by atoms with E-state index in [0.717, 1.165) is 15.6 Å². The van der Waals surface area contributed by atoms with E-state index in [0.29, 0.717) is 21.6 Å². The number of hydrogen-bond acceptors (Lipinski definition) is 5. The Labute approximate surface area is 163 Å². The molecule has 1 amide bonds. The summed E-state index contributed by atoms with van der Waals surface area (Å²) in [5.41, 5.74) is 2.24. The van der Waals surface area contributed by atoms with Gasteiger partial charge in [-0.15, -0.1) is 11.3 Å². The standard InChI is InChI=1S/C20H17N3O4S/c1-10-13-5-3-4-6-16(13)28-17(10)19(25)27-11(2)18(24)21-12-7-8-14-15(9-12)23-20(26)22-14/h3-9,11H,1-2H3,(H,21,24)(H2,22,23,26)/t11-/m0/s1. The second kappa shape index (κ2) is 6.97. The summed E-state index contributed by atoms with van der Waals surface area (Å²) in [6.07, 6.45) is -0.974. The number of H-pyrrole nitrogens is 2. The molecule has 0 bridgehead atoms. The Morgan fingerprint density at radius 3 is 2.64 bits per heavy atom. The maximum atomic E-state index is 12.5. The minimum absolute atomic E-state index is 0.320. The Morgan fingerprint density at radius 2 is 1.86 bits per heavy atom. The number of benzene rings is 2. The Kier molecular flexibility index (Phi) is 4.48. The molecule has 0 radical (unpaired) electrons. The molecule has 0 unspecified atom stereocenters. The molecule has 0 aliphatic heterocycles. The number of imidazole rings is 1. The predicted octanol–water partition coefficient (Wildman–Crippen LogP) is 3.56. The largest absolute Gasteiger partial charge is 0.448 e. The lowest BCUT2D eigenvalue weighted by Crippen LogP contribution is -2.29. The van der Waals surface area contributed by atoms with Crippen LogP contribution in [-0.2, 0) is 9.53 Å². The summed E-state index contributed by atoms with van der Waals surface area (Å²) in [4.78, 5) is 42.0. The van der Waals surface area contributed by atoms with Gasteiger partial charge in [-0.25, -0.2) is 9.59 Å². The number of ether oxygens (including phenoxy) is 1. The van der Waals surface area contributed by atoms with Crippen LogP contribution in [0.15, 0.2) is 47.3 Å². The van der Waals surface area contributed by atoms with Crippen LogP contribution in [0, 0.1) is 6.92 Å². The fourth-order valence-corrected chi connectivity index (χ4v) is 4.08. The highest BCUT2D eigenvalue weighted by atomic mass is 32.1. The number of fused-ring (bicyclic) bond motifs is 2. The maximum absolute atomic E-state index is 12.5. The molecule has 4 aromatic rings. The molecule has 0 saturated heterocycles. The van der Waals surface area contributed by atoms with E-state index in [1.54, 1.807) is 18.2 Å². The maximum Gasteiger partial charge on any atom is 0.349 e. The third-order valence-electron chi connectivity index (χ3n) is 4.47. The zero-order chi connectivity index (χ0) is 19.8. The van der Waals surface area contributed by atoms with Gasteiger partial charge in [0.1, 0.15) is 4.88 Å². The van der Waals surface area contributed by atoms with Crippen molar-refractivity contribution in [1.82, 2.24) is 9.97 Å². The molecule has 3 N–H and O–H groups in total. The summed E-state index contributed by atoms with van der Waals surface area (Å²) < 4.78 is 6.37. The van der Waals surface area contributed by atoms with Gasteiger partial charge in [0.25, 0.3) is 5.91 Å². The monoisotopic (exact) mass is 395 g/mol. The van der Waals surface area contributed by atoms with Gasteiger partial charge < -0.3 is 20.0 Å². The Balaban J connectivity index is 1.47. The molecule has 8 heteroatoms. The van der Waals surface area contributed by atoms with Crippen LogP contribution in [0.2, 0.25) is 0 Å². The fraction of sp³-hybridized carbons (Fsp3) is 0.150. The van der Waals surface area contributed by atoms with Crippen molar-refractivity contribution >= 4 is 50.0 Å². The SMILES string of the molecule is Cc1c(C(=O)O[C@@H](C)C(=O)Nc2ccc3[nH]c(=O)[nH]c3c2)sc2ccccc12. The number of esters is 1. The summed E-state index contributed by atoms with van der Waals surface area (Å²) >= 11 is 1.35. The van der Waals surface area contributed by atoms with E-state index in [-0.39, 0.29) is 5.69 Å². The lowest BCUT2D eigenvalue weighted by atomic mass is 10.1. The zero-order valence-corrected chi connectivity index (χ0v) is 16.0. The van der Waals surface area contributed by atoms with E-state index in [1.807, 2.05) is 31.2 Å². The molecule has 0 fully saturated rings. The minimum atomic E-state index is -0.974. The van der Waals surface area contributed by atoms with Gasteiger partial charge in [0, 0.05) is 10.4 Å². The van der Waals surface area contributed by atoms with E-state index in [1.165, 1.54) is 18.3 Å². The Morgan fingerprint density at radius 1 is 1.11 bits per heavy atom. The minimum Gasteiger partial charge on any atom is -0.448 e. The Bertz CT molecular complexity index is 1270. The predicted molar refractivity (Wildman–Crippen MR) is 109 cm³/mol. The van der Waals surface area contributed by atoms with Crippen molar-refractivity contribution in [2.45, 2.75) is 20.0 Å². The van der Waals surface area contributed by atoms with Gasteiger partial charge in [-0.05, 0) is 49.1 Å². The first-order chi connectivity index (χ1) is 13.4. The van der Waals surface area contributed by atoms with Crippen molar-refractivity contribution in [3.8, 4) is 0 Å². The van der Waals surface area contributed by atoms with Crippen molar-refractivity contribution in [2.24, 2.45) is 0 Å². The molecular formula is C20H17N3O4S. The molecule has 1 atom stereocenters. The number of aromatic nitrogens is 2. The van der Waals surface area contributed by atoms with Gasteiger partial charge in [-0.2, -0.15) is 0 Å². The molecule has 2 aromatic carbocycles. The van der Waals surface area contributed by atoms with Crippen molar-refractivity contribution in [2.75, 3.05) is 5.32 Å². The van der Waals surface area contributed by atoms with Crippen LogP contribution in [-0.4, -0.2) is 27.9 Å². The highest BCUT2D eigenvalue weighted by molar-refractivity contribution is 7.21. The third kappa shape index (κ3) is 3.29. The van der Waals surface area contributed by atoms with Crippen molar-refractivity contribution in [3.63, 3.8) is 0 Å². The summed E-state index contributed by atoms with van der Waals surface area (Å²) in [6, 6.07) is 12.7. The summed E-state index contributed by atoms with van der Waals surface area (Å²) in [5, 5.41) is 3.70. The molecule has 28 heavy (non-hydrogen) atoms. The molecule has 142 valence electrons. The van der Waals surface area contributed by atoms with Crippen LogP contribution < -0.4 is 11.0 Å². The highest BCUT2D eigenvalue weighted by Gasteiger charge is 2.22. The Hall–Kier alpha value is -3.39. The quantitative estimate of drug-likeness (QED) is 0.460. The number of nitrogens with one attached hydrogen (secondary N) is 3. The molecular weight excluding hydrogens is 378 g/mol. The zero-order valence-electron chi connectivity index (χ0n) is 15.2. The van der Waals surface area contributed by atoms with Crippen molar-refractivity contribution in [1.29, 1.82) is 0 Å². The second-order valence-corrected chi connectivity index (χ2v) is 7.48. The topological polar surface area (TPSA) is 104 Å². The third-order valence-corrected chi connectivity index (χ3v) is 5.72. The number of aromatic amines is 2. The fourth-order valence-electron chi connectivity index (χ4n) is 2.99. The molecule has 7 nitrogen and oxygen atoms in total. The molecule has 0 saturated carbocycles. The van der Waals surface area contributed by atoms with Gasteiger partial charge in [-0.3, -0.25) is 4.79 Å². The number of anilines is 1. The first-order valence-corrected chi connectivity index (χ1v) is 9.46. The molecule has 2 heterocycles. The molecule has 0 aliphatic rings. The van der Waals surface area contributed by atoms with Crippen LogP contribution in [0.3, 0.4) is 0 Å². The van der Waals surface area contributed by atoms with Gasteiger partial charge in [0.2, 0.25) is 0 Å². The number of aryl methyl sites for hydroxylation is 1. The number of thiophene rings is 1. The smallest absolute Gasteiger partial charge is 0.349 e. The van der Waals surface area contributed by atoms with Crippen LogP contribution in [0.25, 0.3) is 21.1 Å². The van der Waals surface area contributed by atoms with E-state index in [2.05, 4.69) is 15.3 Å². The van der Waals surface area contributed by atoms with Crippen molar-refractivity contribution < 1.29 is 14.3 Å². The van der Waals surface area contributed by atoms with Gasteiger partial charge in [-0.1, -0.05) is 18.2 Å². The summed E-state index contributed by atoms with van der Waals surface area (Å²) in [7, 11) is 0. The number of carbonyl (C=O) groups excluding carboxylic acids is 2. The number of rotatable bonds is 4. The van der Waals surface area contributed by atoms with Crippen LogP contribution in [0.4, 0.5) is 5.69 Å². The van der Waals surface area contributed by atoms with Gasteiger partial charge in [0.05, 0.1) is 11.0 Å². The molecule has 0 spiro atoms. The lowest BCUT2D eigenvalue weighted by Gasteiger charge is -2.13. The normalized spacial score (nSPS) is 12.2. The summed E-state index contributed by atoms with van der Waals surface area (Å²) in [6.45, 7) is 3.39. The van der Waals surface area contributed by atoms with E-state index >= 15 is 0 Å². The van der Waals surface area contributed by atoms with E-state index in [4.69, 9.17) is 4.74 Å². The first-order valence-electron chi connectivity index (χ1n) is 8.64. The van der Waals surface area contributed by atoms with Crippen LogP contribution in [0.1, 0.15) is 22.2 Å².